The second-order valence-electron chi connectivity index (χ2n) is 7.74. The molecule has 7 heteroatoms. The summed E-state index contributed by atoms with van der Waals surface area (Å²) in [7, 11) is -4.44. The molecule has 2 aromatic carbocycles. The number of rotatable bonds is 14. The fourth-order valence-electron chi connectivity index (χ4n) is 3.47. The minimum absolute atomic E-state index is 0. The van der Waals surface area contributed by atoms with Crippen LogP contribution < -0.4 is 61.2 Å². The third kappa shape index (κ3) is 10.8. The van der Waals surface area contributed by atoms with Gasteiger partial charge < -0.3 is 9.84 Å². The summed E-state index contributed by atoms with van der Waals surface area (Å²) in [4.78, 5) is -0.357. The van der Waals surface area contributed by atoms with E-state index in [1.165, 1.54) is 75.6 Å². The molecule has 0 heterocycles. The van der Waals surface area contributed by atoms with Crippen LogP contribution in [0.4, 0.5) is 0 Å². The van der Waals surface area contributed by atoms with Gasteiger partial charge in [-0.05, 0) is 36.6 Å². The van der Waals surface area contributed by atoms with Crippen LogP contribution in [0.15, 0.2) is 47.4 Å². The zero-order valence-electron chi connectivity index (χ0n) is 18.8. The van der Waals surface area contributed by atoms with Crippen LogP contribution in [0.1, 0.15) is 76.7 Å². The van der Waals surface area contributed by atoms with Gasteiger partial charge >= 0.3 is 51.4 Å². The van der Waals surface area contributed by atoms with Crippen LogP contribution in [0.2, 0.25) is 0 Å². The third-order valence-electron chi connectivity index (χ3n) is 5.17. The van der Waals surface area contributed by atoms with Crippen molar-refractivity contribution in [3.05, 3.63) is 48.0 Å². The maximum atomic E-state index is 12.1. The van der Waals surface area contributed by atoms with Crippen molar-refractivity contribution in [2.45, 2.75) is 82.4 Å². The summed E-state index contributed by atoms with van der Waals surface area (Å²) < 4.78 is 37.9. The van der Waals surface area contributed by atoms with Gasteiger partial charge in [0.2, 0.25) is 0 Å². The van der Waals surface area contributed by atoms with Crippen molar-refractivity contribution in [1.29, 1.82) is 0 Å². The van der Waals surface area contributed by atoms with E-state index < -0.39 is 10.1 Å². The molecule has 0 amide bonds. The normalized spacial score (nSPS) is 11.2. The molecule has 0 aromatic heterocycles. The van der Waals surface area contributed by atoms with Gasteiger partial charge in [0.15, 0.2) is 0 Å². The number of hydrogen-bond donors (Lipinski definition) is 1. The zero-order valence-corrected chi connectivity index (χ0v) is 22.7. The predicted molar refractivity (Wildman–Crippen MR) is 118 cm³/mol. The molecule has 166 valence electrons. The molecule has 0 fully saturated rings. The van der Waals surface area contributed by atoms with E-state index in [1.54, 1.807) is 18.2 Å². The summed E-state index contributed by atoms with van der Waals surface area (Å²) in [6, 6.07) is 10.6. The maximum absolute atomic E-state index is 12.1. The summed E-state index contributed by atoms with van der Waals surface area (Å²) in [5.74, 6) is -0.323. The molecule has 0 radical (unpaired) electrons. The van der Waals surface area contributed by atoms with Crippen LogP contribution >= 0.6 is 0 Å². The van der Waals surface area contributed by atoms with Gasteiger partial charge in [0.05, 0.1) is 0 Å². The van der Waals surface area contributed by atoms with Crippen molar-refractivity contribution in [3.63, 3.8) is 0 Å². The van der Waals surface area contributed by atoms with Gasteiger partial charge in [-0.1, -0.05) is 94.7 Å². The van der Waals surface area contributed by atoms with E-state index in [2.05, 4.69) is 6.92 Å². The molecule has 1 N–H and O–H groups in total. The predicted octanol–water partition coefficient (Wildman–Crippen LogP) is 3.27. The largest absolute Gasteiger partial charge is 1.00 e. The average molecular weight is 473 g/mol. The van der Waals surface area contributed by atoms with Gasteiger partial charge in [-0.25, -0.2) is 0 Å². The van der Waals surface area contributed by atoms with Crippen LogP contribution in [0.3, 0.4) is 0 Å². The molecule has 0 atom stereocenters. The quantitative estimate of drug-likeness (QED) is 0.259. The summed E-state index contributed by atoms with van der Waals surface area (Å²) in [6.07, 6.45) is 13.5. The topological polar surface area (TPSA) is 86.7 Å². The average Bonchev–Trinajstić information content (AvgIpc) is 2.71. The first-order valence-electron chi connectivity index (χ1n) is 11.0. The van der Waals surface area contributed by atoms with Crippen molar-refractivity contribution >= 4 is 10.1 Å². The SMILES string of the molecule is CCCCCCCCCCCCc1ccc([O-])c(Oc2ccccc2S(=O)(=O)O)c1.[K+]. The van der Waals surface area contributed by atoms with Gasteiger partial charge in [-0.3, -0.25) is 4.55 Å². The van der Waals surface area contributed by atoms with Crippen LogP contribution in [0.25, 0.3) is 0 Å². The zero-order chi connectivity index (χ0) is 21.8. The Hall–Kier alpha value is -0.414. The molecule has 0 spiro atoms. The first-order valence-corrected chi connectivity index (χ1v) is 12.4. The molecule has 0 aliphatic rings. The van der Waals surface area contributed by atoms with Gasteiger partial charge in [0, 0.05) is 0 Å². The molecule has 0 saturated carbocycles. The molecule has 2 rings (SSSR count). The van der Waals surface area contributed by atoms with Gasteiger partial charge in [0.25, 0.3) is 10.1 Å². The van der Waals surface area contributed by atoms with Crippen LogP contribution in [-0.2, 0) is 16.5 Å². The Labute approximate surface area is 229 Å². The molecule has 5 nitrogen and oxygen atoms in total. The fraction of sp³-hybridized carbons (Fsp3) is 0.500. The molecule has 2 aromatic rings. The molecule has 0 saturated heterocycles. The number of ether oxygens (including phenoxy) is 1. The van der Waals surface area contributed by atoms with Crippen LogP contribution in [0.5, 0.6) is 17.2 Å². The Balaban J connectivity index is 0.00000480. The monoisotopic (exact) mass is 472 g/mol. The summed E-state index contributed by atoms with van der Waals surface area (Å²) in [5.41, 5.74) is 0.980. The Bertz CT molecular complexity index is 883. The Morgan fingerprint density at radius 1 is 0.839 bits per heavy atom. The van der Waals surface area contributed by atoms with Crippen LogP contribution in [-0.4, -0.2) is 13.0 Å². The second kappa shape index (κ2) is 15.4. The second-order valence-corrected chi connectivity index (χ2v) is 9.13. The summed E-state index contributed by atoms with van der Waals surface area (Å²) >= 11 is 0. The molecule has 0 unspecified atom stereocenters. The Kier molecular flexibility index (Phi) is 14.2. The summed E-state index contributed by atoms with van der Waals surface area (Å²) in [6.45, 7) is 2.23. The first kappa shape index (κ1) is 28.6. The van der Waals surface area contributed by atoms with Crippen molar-refractivity contribution in [2.75, 3.05) is 0 Å². The van der Waals surface area contributed by atoms with E-state index in [0.717, 1.165) is 24.8 Å². The van der Waals surface area contributed by atoms with Gasteiger partial charge in [-0.2, -0.15) is 8.42 Å². The first-order chi connectivity index (χ1) is 14.4. The maximum Gasteiger partial charge on any atom is 1.00 e. The van der Waals surface area contributed by atoms with Crippen molar-refractivity contribution in [2.24, 2.45) is 0 Å². The van der Waals surface area contributed by atoms with E-state index in [4.69, 9.17) is 4.74 Å². The van der Waals surface area contributed by atoms with Crippen molar-refractivity contribution in [1.82, 2.24) is 0 Å². The molecule has 0 aliphatic carbocycles. The fourth-order valence-corrected chi connectivity index (χ4v) is 4.08. The summed E-state index contributed by atoms with van der Waals surface area (Å²) in [5, 5.41) is 12.1. The standard InChI is InChI=1S/C24H34O5S.K/c1-2-3-4-5-6-7-8-9-10-11-14-20-17-18-21(25)23(19-20)29-22-15-12-13-16-24(22)30(26,27)28;/h12-13,15-19,25H,2-11,14H2,1H3,(H,26,27,28);/q;+1/p-1. The van der Waals surface area contributed by atoms with Gasteiger partial charge in [0.1, 0.15) is 16.4 Å². The minimum atomic E-state index is -4.44. The minimum Gasteiger partial charge on any atom is -0.870 e. The van der Waals surface area contributed by atoms with E-state index >= 15 is 0 Å². The molecular weight excluding hydrogens is 439 g/mol. The molecule has 0 aliphatic heterocycles. The van der Waals surface area contributed by atoms with E-state index in [0.29, 0.717) is 0 Å². The molecule has 31 heavy (non-hydrogen) atoms. The van der Waals surface area contributed by atoms with Crippen molar-refractivity contribution < 1.29 is 74.2 Å². The number of hydrogen-bond acceptors (Lipinski definition) is 4. The Morgan fingerprint density at radius 3 is 2.03 bits per heavy atom. The van der Waals surface area contributed by atoms with E-state index in [9.17, 15) is 18.1 Å². The van der Waals surface area contributed by atoms with Crippen molar-refractivity contribution in [3.8, 4) is 17.2 Å². The number of unbranched alkanes of at least 4 members (excludes halogenated alkanes) is 9. The van der Waals surface area contributed by atoms with Gasteiger partial charge in [-0.15, -0.1) is 0 Å². The Morgan fingerprint density at radius 2 is 1.42 bits per heavy atom. The van der Waals surface area contributed by atoms with Crippen LogP contribution in [0, 0.1) is 0 Å². The van der Waals surface area contributed by atoms with E-state index in [1.807, 2.05) is 0 Å². The smallest absolute Gasteiger partial charge is 0.870 e. The van der Waals surface area contributed by atoms with E-state index in [-0.39, 0.29) is 73.5 Å². The number of aryl methyl sites for hydroxylation is 1. The number of benzene rings is 2. The molecule has 0 bridgehead atoms. The third-order valence-corrected chi connectivity index (χ3v) is 6.07. The molecular formula is C24H33KO5S. The number of para-hydroxylation sites is 1.